The molecular weight excluding hydrogens is 457 g/mol. The van der Waals surface area contributed by atoms with E-state index in [2.05, 4.69) is 15.2 Å². The molecule has 1 aromatic heterocycles. The van der Waals surface area contributed by atoms with Gasteiger partial charge >= 0.3 is 12.1 Å². The summed E-state index contributed by atoms with van der Waals surface area (Å²) in [5, 5.41) is 2.61. The van der Waals surface area contributed by atoms with Gasteiger partial charge in [-0.1, -0.05) is 0 Å². The summed E-state index contributed by atoms with van der Waals surface area (Å²) in [7, 11) is 1.38. The zero-order valence-electron chi connectivity index (χ0n) is 19.7. The Bertz CT molecular complexity index is 1090. The van der Waals surface area contributed by atoms with Crippen LogP contribution >= 0.6 is 0 Å². The molecule has 2 fully saturated rings. The maximum atomic E-state index is 15.0. The van der Waals surface area contributed by atoms with Gasteiger partial charge in [0.1, 0.15) is 17.7 Å². The molecule has 0 unspecified atom stereocenters. The molecule has 1 N–H and O–H groups in total. The lowest BCUT2D eigenvalue weighted by molar-refractivity contribution is -0.142. The average Bonchev–Trinajstić information content (AvgIpc) is 3.23. The van der Waals surface area contributed by atoms with E-state index in [-0.39, 0.29) is 31.5 Å². The first kappa shape index (κ1) is 24.4. The van der Waals surface area contributed by atoms with Gasteiger partial charge in [0.25, 0.3) is 0 Å². The van der Waals surface area contributed by atoms with Gasteiger partial charge in [0.05, 0.1) is 32.4 Å². The molecule has 35 heavy (non-hydrogen) atoms. The predicted octanol–water partition coefficient (Wildman–Crippen LogP) is 1.64. The summed E-state index contributed by atoms with van der Waals surface area (Å²) in [5.41, 5.74) is 1.38. The molecule has 11 heteroatoms. The summed E-state index contributed by atoms with van der Waals surface area (Å²) in [4.78, 5) is 44.7. The lowest BCUT2D eigenvalue weighted by atomic mass is 10.1. The topological polar surface area (TPSA) is 104 Å². The van der Waals surface area contributed by atoms with Crippen molar-refractivity contribution in [2.75, 3.05) is 62.7 Å². The SMILES string of the molecule is COC(=O)CN1CCN(c2ccc(-c3ccc(N4C[C@H](CNC(C)=O)OC4=O)cc3F)cn2)CC1. The number of benzene rings is 1. The largest absolute Gasteiger partial charge is 0.468 e. The van der Waals surface area contributed by atoms with Crippen LogP contribution in [0.1, 0.15) is 6.92 Å². The van der Waals surface area contributed by atoms with E-state index in [1.54, 1.807) is 18.3 Å². The second-order valence-electron chi connectivity index (χ2n) is 8.46. The third-order valence-electron chi connectivity index (χ3n) is 6.05. The van der Waals surface area contributed by atoms with Crippen molar-refractivity contribution in [3.63, 3.8) is 0 Å². The average molecular weight is 486 g/mol. The van der Waals surface area contributed by atoms with Crippen molar-refractivity contribution in [3.05, 3.63) is 42.3 Å². The highest BCUT2D eigenvalue weighted by molar-refractivity contribution is 5.90. The van der Waals surface area contributed by atoms with Crippen LogP contribution in [0.4, 0.5) is 20.7 Å². The second kappa shape index (κ2) is 10.7. The summed E-state index contributed by atoms with van der Waals surface area (Å²) >= 11 is 0. The highest BCUT2D eigenvalue weighted by atomic mass is 19.1. The molecule has 2 amide bonds. The number of anilines is 2. The van der Waals surface area contributed by atoms with E-state index in [0.29, 0.717) is 16.8 Å². The van der Waals surface area contributed by atoms with Crippen molar-refractivity contribution >= 4 is 29.5 Å². The predicted molar refractivity (Wildman–Crippen MR) is 127 cm³/mol. The van der Waals surface area contributed by atoms with E-state index in [9.17, 15) is 18.8 Å². The number of halogens is 1. The Kier molecular flexibility index (Phi) is 7.45. The number of nitrogens with one attached hydrogen (secondary N) is 1. The van der Waals surface area contributed by atoms with E-state index in [0.717, 1.165) is 32.0 Å². The van der Waals surface area contributed by atoms with Crippen molar-refractivity contribution in [1.82, 2.24) is 15.2 Å². The number of amides is 2. The molecule has 2 aliphatic heterocycles. The number of carbonyl (C=O) groups is 3. The van der Waals surface area contributed by atoms with E-state index >= 15 is 0 Å². The number of cyclic esters (lactones) is 1. The first-order valence-electron chi connectivity index (χ1n) is 11.4. The highest BCUT2D eigenvalue weighted by Gasteiger charge is 2.32. The van der Waals surface area contributed by atoms with Gasteiger partial charge in [-0.05, 0) is 30.3 Å². The number of carbonyl (C=O) groups excluding carboxylic acids is 3. The van der Waals surface area contributed by atoms with Crippen molar-refractivity contribution in [1.29, 1.82) is 0 Å². The minimum Gasteiger partial charge on any atom is -0.468 e. The normalized spacial score (nSPS) is 18.4. The quantitative estimate of drug-likeness (QED) is 0.591. The number of methoxy groups -OCH3 is 1. The minimum atomic E-state index is -0.579. The summed E-state index contributed by atoms with van der Waals surface area (Å²) in [6.45, 7) is 4.98. The van der Waals surface area contributed by atoms with Gasteiger partial charge in [-0.2, -0.15) is 0 Å². The number of rotatable bonds is 7. The van der Waals surface area contributed by atoms with Crippen LogP contribution in [0.15, 0.2) is 36.5 Å². The number of aromatic nitrogens is 1. The Hall–Kier alpha value is -3.73. The standard InChI is InChI=1S/C24H28FN5O5/c1-16(31)26-13-19-14-30(24(33)35-19)18-4-5-20(21(25)11-18)17-3-6-22(27-12-17)29-9-7-28(8-10-29)15-23(32)34-2/h3-6,11-12,19H,7-10,13-15H2,1-2H3,(H,26,31)/t19-/m0/s1. The van der Waals surface area contributed by atoms with E-state index < -0.39 is 18.0 Å². The van der Waals surface area contributed by atoms with Crippen LogP contribution in [0, 0.1) is 5.82 Å². The number of nitrogens with zero attached hydrogens (tertiary/aromatic N) is 4. The lowest BCUT2D eigenvalue weighted by Gasteiger charge is -2.34. The summed E-state index contributed by atoms with van der Waals surface area (Å²) < 4.78 is 24.9. The maximum absolute atomic E-state index is 15.0. The van der Waals surface area contributed by atoms with Crippen LogP contribution < -0.4 is 15.1 Å². The molecule has 0 saturated carbocycles. The Labute approximate surface area is 202 Å². The Balaban J connectivity index is 1.38. The zero-order chi connectivity index (χ0) is 24.9. The van der Waals surface area contributed by atoms with Crippen molar-refractivity contribution < 1.29 is 28.2 Å². The van der Waals surface area contributed by atoms with Gasteiger partial charge in [0.15, 0.2) is 0 Å². The van der Waals surface area contributed by atoms with Crippen LogP contribution in [-0.2, 0) is 19.1 Å². The van der Waals surface area contributed by atoms with E-state index in [1.807, 2.05) is 17.0 Å². The fraction of sp³-hybridized carbons (Fsp3) is 0.417. The molecule has 0 radical (unpaired) electrons. The van der Waals surface area contributed by atoms with Gasteiger partial charge in [-0.25, -0.2) is 14.2 Å². The molecule has 10 nitrogen and oxygen atoms in total. The zero-order valence-corrected chi connectivity index (χ0v) is 19.7. The van der Waals surface area contributed by atoms with Crippen molar-refractivity contribution in [3.8, 4) is 11.1 Å². The molecule has 0 aliphatic carbocycles. The molecule has 2 saturated heterocycles. The number of hydrogen-bond acceptors (Lipinski definition) is 8. The monoisotopic (exact) mass is 485 g/mol. The molecule has 1 atom stereocenters. The van der Waals surface area contributed by atoms with Crippen molar-refractivity contribution in [2.45, 2.75) is 13.0 Å². The maximum Gasteiger partial charge on any atom is 0.414 e. The number of piperazine rings is 1. The number of hydrogen-bond donors (Lipinski definition) is 1. The van der Waals surface area contributed by atoms with Gasteiger partial charge in [-0.15, -0.1) is 0 Å². The molecule has 1 aromatic carbocycles. The first-order chi connectivity index (χ1) is 16.8. The van der Waals surface area contributed by atoms with Crippen LogP contribution in [0.2, 0.25) is 0 Å². The number of pyridine rings is 1. The third kappa shape index (κ3) is 5.86. The number of esters is 1. The van der Waals surface area contributed by atoms with E-state index in [1.165, 1.54) is 25.0 Å². The van der Waals surface area contributed by atoms with Crippen LogP contribution in [0.5, 0.6) is 0 Å². The molecule has 0 bridgehead atoms. The molecule has 4 rings (SSSR count). The van der Waals surface area contributed by atoms with Gasteiger partial charge in [0, 0.05) is 50.4 Å². The fourth-order valence-corrected chi connectivity index (χ4v) is 4.12. The highest BCUT2D eigenvalue weighted by Crippen LogP contribution is 2.29. The summed E-state index contributed by atoms with van der Waals surface area (Å²) in [5.74, 6) is -0.157. The molecular formula is C24H28FN5O5. The van der Waals surface area contributed by atoms with Gasteiger partial charge < -0.3 is 19.7 Å². The molecule has 0 spiro atoms. The second-order valence-corrected chi connectivity index (χ2v) is 8.46. The van der Waals surface area contributed by atoms with Crippen LogP contribution in [0.25, 0.3) is 11.1 Å². The third-order valence-corrected chi connectivity index (χ3v) is 6.05. The Morgan fingerprint density at radius 1 is 1.20 bits per heavy atom. The Morgan fingerprint density at radius 2 is 1.97 bits per heavy atom. The summed E-state index contributed by atoms with van der Waals surface area (Å²) in [6, 6.07) is 8.24. The van der Waals surface area contributed by atoms with E-state index in [4.69, 9.17) is 9.47 Å². The molecule has 186 valence electrons. The first-order valence-corrected chi connectivity index (χ1v) is 11.4. The molecule has 3 heterocycles. The number of ether oxygens (including phenoxy) is 2. The minimum absolute atomic E-state index is 0.205. The van der Waals surface area contributed by atoms with Crippen LogP contribution in [0.3, 0.4) is 0 Å². The van der Waals surface area contributed by atoms with Gasteiger partial charge in [-0.3, -0.25) is 19.4 Å². The van der Waals surface area contributed by atoms with Gasteiger partial charge in [0.2, 0.25) is 5.91 Å². The fourth-order valence-electron chi connectivity index (χ4n) is 4.12. The summed E-state index contributed by atoms with van der Waals surface area (Å²) in [6.07, 6.45) is 0.556. The lowest BCUT2D eigenvalue weighted by Crippen LogP contribution is -2.48. The van der Waals surface area contributed by atoms with Crippen LogP contribution in [-0.4, -0.2) is 86.9 Å². The van der Waals surface area contributed by atoms with Crippen molar-refractivity contribution in [2.24, 2.45) is 0 Å². The molecule has 2 aliphatic rings. The molecule has 2 aromatic rings. The Morgan fingerprint density at radius 3 is 2.60 bits per heavy atom. The smallest absolute Gasteiger partial charge is 0.414 e.